The van der Waals surface area contributed by atoms with Gasteiger partial charge in [-0.3, -0.25) is 0 Å². The molecule has 2 aromatic carbocycles. The fourth-order valence-electron chi connectivity index (χ4n) is 1.56. The summed E-state index contributed by atoms with van der Waals surface area (Å²) in [5.41, 5.74) is 1.42. The molecule has 2 aromatic rings. The number of benzene rings is 2. The maximum absolute atomic E-state index is 5.84. The van der Waals surface area contributed by atoms with E-state index in [4.69, 9.17) is 11.6 Å². The summed E-state index contributed by atoms with van der Waals surface area (Å²) < 4.78 is 0. The summed E-state index contributed by atoms with van der Waals surface area (Å²) in [6, 6.07) is 20.0. The summed E-state index contributed by atoms with van der Waals surface area (Å²) in [5.74, 6) is 0. The summed E-state index contributed by atoms with van der Waals surface area (Å²) in [6.45, 7) is 0. The normalized spacial score (nSPS) is 10.3. The zero-order valence-electron chi connectivity index (χ0n) is 8.99. The van der Waals surface area contributed by atoms with Gasteiger partial charge in [-0.2, -0.15) is 0 Å². The number of halogens is 1. The fourth-order valence-corrected chi connectivity index (χ4v) is 2.79. The minimum absolute atomic E-state index is 0.816. The van der Waals surface area contributed by atoms with E-state index in [1.807, 2.05) is 12.1 Å². The van der Waals surface area contributed by atoms with E-state index >= 15 is 0 Å². The van der Waals surface area contributed by atoms with Crippen molar-refractivity contribution in [3.8, 4) is 0 Å². The Balaban J connectivity index is 1.82. The molecule has 0 aliphatic heterocycles. The molecule has 0 unspecified atom stereocenters. The second-order valence-corrected chi connectivity index (χ2v) is 5.54. The molecule has 0 aromatic heterocycles. The predicted octanol–water partition coefficient (Wildman–Crippen LogP) is 3.33. The van der Waals surface area contributed by atoms with Crippen molar-refractivity contribution >= 4 is 26.3 Å². The van der Waals surface area contributed by atoms with Crippen LogP contribution in [0.15, 0.2) is 54.6 Å². The van der Waals surface area contributed by atoms with Crippen LogP contribution in [0.3, 0.4) is 0 Å². The van der Waals surface area contributed by atoms with Crippen LogP contribution in [-0.2, 0) is 6.42 Å². The van der Waals surface area contributed by atoms with E-state index in [0.29, 0.717) is 0 Å². The quantitative estimate of drug-likeness (QED) is 0.724. The highest BCUT2D eigenvalue weighted by Crippen LogP contribution is 2.05. The van der Waals surface area contributed by atoms with Crippen LogP contribution in [0.4, 0.5) is 0 Å². The predicted molar refractivity (Wildman–Crippen MR) is 71.8 cm³/mol. The van der Waals surface area contributed by atoms with Gasteiger partial charge in [-0.25, -0.2) is 0 Å². The third kappa shape index (κ3) is 3.51. The van der Waals surface area contributed by atoms with E-state index in [1.54, 1.807) is 0 Å². The summed E-state index contributed by atoms with van der Waals surface area (Å²) in [6.07, 6.45) is 1.15. The fraction of sp³-hybridized carbons (Fsp3) is 0.143. The Hall–Kier alpha value is -1.05. The molecule has 0 heterocycles. The van der Waals surface area contributed by atoms with Gasteiger partial charge in [-0.05, 0) is 24.1 Å². The Morgan fingerprint density at radius 2 is 1.56 bits per heavy atom. The molecule has 0 fully saturated rings. The largest absolute Gasteiger partial charge is 0.0843 e. The van der Waals surface area contributed by atoms with Crippen molar-refractivity contribution in [3.05, 3.63) is 65.2 Å². The Labute approximate surface area is 104 Å². The minimum atomic E-state index is 0.816. The average Bonchev–Trinajstić information content (AvgIpc) is 2.33. The van der Waals surface area contributed by atoms with Gasteiger partial charge in [0.25, 0.3) is 0 Å². The Bertz CT molecular complexity index is 422. The standard InChI is InChI=1S/C14H13ClSi/c15-13-6-8-14(9-7-13)16-11-10-12-4-2-1-3-5-12/h1-9H,10-11H2. The molecule has 16 heavy (non-hydrogen) atoms. The van der Waals surface area contributed by atoms with Gasteiger partial charge < -0.3 is 0 Å². The smallest absolute Gasteiger partial charge is 0.0811 e. The molecule has 0 atom stereocenters. The lowest BCUT2D eigenvalue weighted by Gasteiger charge is -2.01. The molecule has 0 spiro atoms. The molecule has 0 aliphatic rings. The van der Waals surface area contributed by atoms with E-state index in [2.05, 4.69) is 42.5 Å². The summed E-state index contributed by atoms with van der Waals surface area (Å²) in [7, 11) is 0.868. The molecule has 0 saturated carbocycles. The first-order valence-electron chi connectivity index (χ1n) is 5.38. The Morgan fingerprint density at radius 1 is 0.875 bits per heavy atom. The lowest BCUT2D eigenvalue weighted by molar-refractivity contribution is 1.13. The zero-order valence-corrected chi connectivity index (χ0v) is 10.7. The van der Waals surface area contributed by atoms with Crippen LogP contribution in [0.5, 0.6) is 0 Å². The first-order valence-corrected chi connectivity index (χ1v) is 6.96. The van der Waals surface area contributed by atoms with E-state index in [9.17, 15) is 0 Å². The number of hydrogen-bond donors (Lipinski definition) is 0. The summed E-state index contributed by atoms with van der Waals surface area (Å²) in [4.78, 5) is 0. The van der Waals surface area contributed by atoms with Crippen molar-refractivity contribution in [3.63, 3.8) is 0 Å². The third-order valence-corrected chi connectivity index (χ3v) is 3.92. The molecule has 0 amide bonds. The number of hydrogen-bond acceptors (Lipinski definition) is 0. The molecule has 2 heteroatoms. The van der Waals surface area contributed by atoms with Gasteiger partial charge in [0.2, 0.25) is 0 Å². The van der Waals surface area contributed by atoms with Crippen molar-refractivity contribution in [1.29, 1.82) is 0 Å². The molecule has 0 N–H and O–H groups in total. The Kier molecular flexibility index (Phi) is 4.20. The van der Waals surface area contributed by atoms with Crippen molar-refractivity contribution in [2.45, 2.75) is 12.5 Å². The van der Waals surface area contributed by atoms with Gasteiger partial charge in [0.15, 0.2) is 0 Å². The van der Waals surface area contributed by atoms with E-state index < -0.39 is 0 Å². The highest BCUT2D eigenvalue weighted by molar-refractivity contribution is 6.53. The highest BCUT2D eigenvalue weighted by atomic mass is 35.5. The molecule has 80 valence electrons. The third-order valence-electron chi connectivity index (χ3n) is 2.43. The first-order chi connectivity index (χ1) is 7.84. The monoisotopic (exact) mass is 244 g/mol. The molecule has 2 rings (SSSR count). The number of aryl methyl sites for hydroxylation is 1. The lowest BCUT2D eigenvalue weighted by atomic mass is 10.2. The maximum atomic E-state index is 5.84. The van der Waals surface area contributed by atoms with Crippen molar-refractivity contribution < 1.29 is 0 Å². The Morgan fingerprint density at radius 3 is 2.25 bits per heavy atom. The zero-order chi connectivity index (χ0) is 11.2. The molecule has 2 radical (unpaired) electrons. The van der Waals surface area contributed by atoms with Gasteiger partial charge >= 0.3 is 0 Å². The molecule has 0 nitrogen and oxygen atoms in total. The van der Waals surface area contributed by atoms with Crippen molar-refractivity contribution in [2.75, 3.05) is 0 Å². The van der Waals surface area contributed by atoms with Crippen LogP contribution in [0, 0.1) is 0 Å². The summed E-state index contributed by atoms with van der Waals surface area (Å²) in [5, 5.41) is 2.21. The highest BCUT2D eigenvalue weighted by Gasteiger charge is 1.96. The van der Waals surface area contributed by atoms with E-state index in [1.165, 1.54) is 16.8 Å². The van der Waals surface area contributed by atoms with Crippen LogP contribution in [-0.4, -0.2) is 9.52 Å². The molecule has 0 bridgehead atoms. The average molecular weight is 245 g/mol. The van der Waals surface area contributed by atoms with E-state index in [0.717, 1.165) is 21.0 Å². The van der Waals surface area contributed by atoms with Gasteiger partial charge in [-0.1, -0.05) is 65.3 Å². The van der Waals surface area contributed by atoms with Crippen LogP contribution in [0.25, 0.3) is 0 Å². The van der Waals surface area contributed by atoms with Crippen LogP contribution < -0.4 is 5.19 Å². The van der Waals surface area contributed by atoms with Gasteiger partial charge in [-0.15, -0.1) is 0 Å². The van der Waals surface area contributed by atoms with Crippen LogP contribution in [0.2, 0.25) is 11.1 Å². The SMILES string of the molecule is Clc1ccc([Si]CCc2ccccc2)cc1. The second-order valence-electron chi connectivity index (χ2n) is 3.67. The minimum Gasteiger partial charge on any atom is -0.0843 e. The maximum Gasteiger partial charge on any atom is 0.0811 e. The van der Waals surface area contributed by atoms with Crippen molar-refractivity contribution in [2.24, 2.45) is 0 Å². The first kappa shape index (κ1) is 11.4. The summed E-state index contributed by atoms with van der Waals surface area (Å²) >= 11 is 5.84. The van der Waals surface area contributed by atoms with Crippen LogP contribution in [0.1, 0.15) is 5.56 Å². The van der Waals surface area contributed by atoms with Gasteiger partial charge in [0, 0.05) is 5.02 Å². The van der Waals surface area contributed by atoms with Crippen molar-refractivity contribution in [1.82, 2.24) is 0 Å². The molecular formula is C14H13ClSi. The van der Waals surface area contributed by atoms with Gasteiger partial charge in [0.1, 0.15) is 0 Å². The number of rotatable bonds is 4. The second kappa shape index (κ2) is 5.88. The topological polar surface area (TPSA) is 0 Å². The van der Waals surface area contributed by atoms with E-state index in [-0.39, 0.29) is 0 Å². The van der Waals surface area contributed by atoms with Gasteiger partial charge in [0.05, 0.1) is 9.52 Å². The molecular weight excluding hydrogens is 232 g/mol. The lowest BCUT2D eigenvalue weighted by Crippen LogP contribution is -2.13. The van der Waals surface area contributed by atoms with Crippen LogP contribution >= 0.6 is 11.6 Å². The molecule has 0 aliphatic carbocycles. The molecule has 0 saturated heterocycles.